The lowest BCUT2D eigenvalue weighted by atomic mass is 10.2. The van der Waals surface area contributed by atoms with Crippen molar-refractivity contribution in [2.24, 2.45) is 0 Å². The molecule has 25 heavy (non-hydrogen) atoms. The number of carboxylic acid groups (broad SMARTS) is 1. The molecule has 2 aromatic carbocycles. The van der Waals surface area contributed by atoms with Crippen LogP contribution in [0.15, 0.2) is 48.5 Å². The summed E-state index contributed by atoms with van der Waals surface area (Å²) in [6, 6.07) is 11.4. The number of hydrogen-bond acceptors (Lipinski definition) is 3. The number of rotatable bonds is 4. The molecule has 3 N–H and O–H groups in total. The summed E-state index contributed by atoms with van der Waals surface area (Å²) in [6.45, 7) is 0. The van der Waals surface area contributed by atoms with Crippen LogP contribution >= 0.6 is 35.4 Å². The van der Waals surface area contributed by atoms with Crippen LogP contribution in [0.2, 0.25) is 10.0 Å². The number of amides is 1. The van der Waals surface area contributed by atoms with Crippen LogP contribution in [0.5, 0.6) is 0 Å². The van der Waals surface area contributed by atoms with Crippen molar-refractivity contribution in [3.63, 3.8) is 0 Å². The molecule has 2 rings (SSSR count). The summed E-state index contributed by atoms with van der Waals surface area (Å²) in [5.74, 6) is -1.47. The monoisotopic (exact) mass is 394 g/mol. The van der Waals surface area contributed by atoms with Gasteiger partial charge >= 0.3 is 5.97 Å². The Balaban J connectivity index is 2.02. The second-order valence-electron chi connectivity index (χ2n) is 4.83. The molecule has 0 fully saturated rings. The highest BCUT2D eigenvalue weighted by Crippen LogP contribution is 2.22. The Bertz CT molecular complexity index is 869. The first-order valence-electron chi connectivity index (χ1n) is 6.93. The van der Waals surface area contributed by atoms with E-state index < -0.39 is 11.9 Å². The summed E-state index contributed by atoms with van der Waals surface area (Å²) in [4.78, 5) is 22.7. The third-order valence-corrected chi connectivity index (χ3v) is 3.91. The van der Waals surface area contributed by atoms with Gasteiger partial charge in [0.05, 0.1) is 10.0 Å². The van der Waals surface area contributed by atoms with E-state index in [-0.39, 0.29) is 10.1 Å². The molecule has 0 saturated carbocycles. The summed E-state index contributed by atoms with van der Waals surface area (Å²) < 4.78 is 0. The number of benzene rings is 2. The molecule has 0 aliphatic heterocycles. The van der Waals surface area contributed by atoms with Crippen LogP contribution in [0, 0.1) is 0 Å². The fourth-order valence-corrected chi connectivity index (χ4v) is 2.37. The number of nitrogens with one attached hydrogen (secondary N) is 2. The Kier molecular flexibility index (Phi) is 6.52. The third kappa shape index (κ3) is 5.86. The smallest absolute Gasteiger partial charge is 0.328 e. The van der Waals surface area contributed by atoms with Crippen molar-refractivity contribution in [3.8, 4) is 0 Å². The minimum atomic E-state index is -1.04. The van der Waals surface area contributed by atoms with Crippen LogP contribution in [0.1, 0.15) is 15.9 Å². The molecule has 0 radical (unpaired) electrons. The number of carboxylic acids is 1. The minimum absolute atomic E-state index is 0.0930. The highest BCUT2D eigenvalue weighted by Gasteiger charge is 2.10. The Morgan fingerprint density at radius 1 is 1.08 bits per heavy atom. The van der Waals surface area contributed by atoms with E-state index in [0.29, 0.717) is 21.8 Å². The first kappa shape index (κ1) is 18.9. The Morgan fingerprint density at radius 2 is 1.84 bits per heavy atom. The zero-order chi connectivity index (χ0) is 18.4. The maximum absolute atomic E-state index is 12.1. The molecule has 0 atom stereocenters. The molecule has 0 unspecified atom stereocenters. The van der Waals surface area contributed by atoms with Crippen molar-refractivity contribution in [1.29, 1.82) is 0 Å². The van der Waals surface area contributed by atoms with Crippen molar-refractivity contribution in [1.82, 2.24) is 5.32 Å². The summed E-state index contributed by atoms with van der Waals surface area (Å²) in [5.41, 5.74) is 1.59. The number of carbonyl (C=O) groups excluding carboxylic acids is 1. The van der Waals surface area contributed by atoms with Crippen molar-refractivity contribution >= 4 is 64.2 Å². The van der Waals surface area contributed by atoms with Crippen molar-refractivity contribution in [2.45, 2.75) is 0 Å². The molecule has 0 aromatic heterocycles. The van der Waals surface area contributed by atoms with Gasteiger partial charge in [-0.25, -0.2) is 4.79 Å². The Hall–Kier alpha value is -2.41. The molecule has 0 aliphatic rings. The maximum atomic E-state index is 12.1. The molecular weight excluding hydrogens is 383 g/mol. The first-order valence-corrected chi connectivity index (χ1v) is 8.10. The zero-order valence-corrected chi connectivity index (χ0v) is 15.0. The number of thiocarbonyl (C=S) groups is 1. The minimum Gasteiger partial charge on any atom is -0.478 e. The van der Waals surface area contributed by atoms with Gasteiger partial charge in [0, 0.05) is 17.3 Å². The van der Waals surface area contributed by atoms with E-state index in [1.165, 1.54) is 24.3 Å². The average molecular weight is 395 g/mol. The van der Waals surface area contributed by atoms with Crippen molar-refractivity contribution in [2.75, 3.05) is 5.32 Å². The molecule has 8 heteroatoms. The SMILES string of the molecule is O=C(O)/C=C/c1cccc(NC(=S)NC(=O)c2ccc(Cl)c(Cl)c2)c1. The van der Waals surface area contributed by atoms with Crippen LogP contribution in [-0.2, 0) is 4.79 Å². The molecule has 0 bridgehead atoms. The van der Waals surface area contributed by atoms with Crippen LogP contribution in [0.25, 0.3) is 6.08 Å². The van der Waals surface area contributed by atoms with Crippen LogP contribution in [0.3, 0.4) is 0 Å². The molecular formula is C17H12Cl2N2O3S. The molecule has 2 aromatic rings. The molecule has 1 amide bonds. The molecule has 128 valence electrons. The molecule has 0 aliphatic carbocycles. The van der Waals surface area contributed by atoms with E-state index in [1.54, 1.807) is 24.3 Å². The van der Waals surface area contributed by atoms with Crippen LogP contribution < -0.4 is 10.6 Å². The molecule has 0 heterocycles. The lowest BCUT2D eigenvalue weighted by molar-refractivity contribution is -0.131. The highest BCUT2D eigenvalue weighted by molar-refractivity contribution is 7.80. The van der Waals surface area contributed by atoms with E-state index in [1.807, 2.05) is 0 Å². The Morgan fingerprint density at radius 3 is 2.52 bits per heavy atom. The number of hydrogen-bond donors (Lipinski definition) is 3. The highest BCUT2D eigenvalue weighted by atomic mass is 35.5. The van der Waals surface area contributed by atoms with Gasteiger partial charge in [0.25, 0.3) is 5.91 Å². The maximum Gasteiger partial charge on any atom is 0.328 e. The lowest BCUT2D eigenvalue weighted by Gasteiger charge is -2.10. The number of halogens is 2. The normalized spacial score (nSPS) is 10.5. The van der Waals surface area contributed by atoms with Gasteiger partial charge < -0.3 is 10.4 Å². The number of aliphatic carboxylic acids is 1. The fourth-order valence-electron chi connectivity index (χ4n) is 1.86. The van der Waals surface area contributed by atoms with Gasteiger partial charge in [-0.05, 0) is 54.2 Å². The van der Waals surface area contributed by atoms with Crippen LogP contribution in [0.4, 0.5) is 5.69 Å². The van der Waals surface area contributed by atoms with Gasteiger partial charge in [-0.3, -0.25) is 10.1 Å². The average Bonchev–Trinajstić information content (AvgIpc) is 2.55. The fraction of sp³-hybridized carbons (Fsp3) is 0. The zero-order valence-electron chi connectivity index (χ0n) is 12.6. The van der Waals surface area contributed by atoms with E-state index >= 15 is 0 Å². The second kappa shape index (κ2) is 8.62. The van der Waals surface area contributed by atoms with Crippen LogP contribution in [-0.4, -0.2) is 22.1 Å². The topological polar surface area (TPSA) is 78.4 Å². The summed E-state index contributed by atoms with van der Waals surface area (Å²) in [6.07, 6.45) is 2.48. The second-order valence-corrected chi connectivity index (χ2v) is 6.06. The van der Waals surface area contributed by atoms with E-state index in [0.717, 1.165) is 6.08 Å². The first-order chi connectivity index (χ1) is 11.8. The van der Waals surface area contributed by atoms with Crippen molar-refractivity contribution in [3.05, 3.63) is 69.7 Å². The summed E-state index contributed by atoms with van der Waals surface area (Å²) in [5, 5.41) is 14.7. The summed E-state index contributed by atoms with van der Waals surface area (Å²) in [7, 11) is 0. The largest absolute Gasteiger partial charge is 0.478 e. The van der Waals surface area contributed by atoms with E-state index in [4.69, 9.17) is 40.5 Å². The predicted molar refractivity (Wildman–Crippen MR) is 103 cm³/mol. The number of carbonyl (C=O) groups is 2. The Labute approximate surface area is 159 Å². The standard InChI is InChI=1S/C17H12Cl2N2O3S/c18-13-6-5-11(9-14(13)19)16(24)21-17(25)20-12-3-1-2-10(8-12)4-7-15(22)23/h1-9H,(H,22,23)(H2,20,21,24,25)/b7-4+. The summed E-state index contributed by atoms with van der Waals surface area (Å²) >= 11 is 16.8. The molecule has 0 spiro atoms. The molecule has 5 nitrogen and oxygen atoms in total. The van der Waals surface area contributed by atoms with E-state index in [2.05, 4.69) is 10.6 Å². The quantitative estimate of drug-likeness (QED) is 0.534. The number of anilines is 1. The van der Waals surface area contributed by atoms with Gasteiger partial charge in [-0.15, -0.1) is 0 Å². The van der Waals surface area contributed by atoms with Crippen molar-refractivity contribution < 1.29 is 14.7 Å². The molecule has 0 saturated heterocycles. The van der Waals surface area contributed by atoms with Gasteiger partial charge in [0.2, 0.25) is 0 Å². The van der Waals surface area contributed by atoms with Gasteiger partial charge in [-0.1, -0.05) is 35.3 Å². The van der Waals surface area contributed by atoms with Gasteiger partial charge in [0.1, 0.15) is 0 Å². The van der Waals surface area contributed by atoms with Gasteiger partial charge in [-0.2, -0.15) is 0 Å². The third-order valence-electron chi connectivity index (χ3n) is 2.97. The van der Waals surface area contributed by atoms with E-state index in [9.17, 15) is 9.59 Å². The predicted octanol–water partition coefficient (Wildman–Crippen LogP) is 4.22. The van der Waals surface area contributed by atoms with Gasteiger partial charge in [0.15, 0.2) is 5.11 Å². The lowest BCUT2D eigenvalue weighted by Crippen LogP contribution is -2.34.